The van der Waals surface area contributed by atoms with Gasteiger partial charge in [-0.25, -0.2) is 4.68 Å². The molecule has 0 atom stereocenters. The molecule has 1 rings (SSSR count). The van der Waals surface area contributed by atoms with Crippen LogP contribution >= 0.6 is 0 Å². The van der Waals surface area contributed by atoms with Crippen molar-refractivity contribution < 1.29 is 38.2 Å². The van der Waals surface area contributed by atoms with Gasteiger partial charge in [0.1, 0.15) is 23.9 Å². The summed E-state index contributed by atoms with van der Waals surface area (Å²) >= 11 is 0. The molecule has 13 heteroatoms. The SMILES string of the molecule is CC(C)C(=O)CCOCCNC(=O)Cc1cn(CC(=O)NC(COCCC(=O)C(C)C)COCCC(=O)C(C)C)nn1. The average molecular weight is 596 g/mol. The van der Waals surface area contributed by atoms with E-state index in [1.807, 2.05) is 41.5 Å². The van der Waals surface area contributed by atoms with Gasteiger partial charge < -0.3 is 24.8 Å². The lowest BCUT2D eigenvalue weighted by molar-refractivity contribution is -0.126. The number of rotatable bonds is 24. The van der Waals surface area contributed by atoms with E-state index in [0.717, 1.165) is 0 Å². The Bertz CT molecular complexity index is 964. The van der Waals surface area contributed by atoms with Gasteiger partial charge >= 0.3 is 0 Å². The van der Waals surface area contributed by atoms with Crippen molar-refractivity contribution in [1.29, 1.82) is 0 Å². The molecule has 0 radical (unpaired) electrons. The van der Waals surface area contributed by atoms with Crippen LogP contribution in [0.3, 0.4) is 0 Å². The number of amides is 2. The van der Waals surface area contributed by atoms with Crippen LogP contribution in [0.1, 0.15) is 66.5 Å². The van der Waals surface area contributed by atoms with Gasteiger partial charge in [-0.05, 0) is 0 Å². The van der Waals surface area contributed by atoms with Crippen LogP contribution in [0.2, 0.25) is 0 Å². The van der Waals surface area contributed by atoms with Gasteiger partial charge in [0.25, 0.3) is 0 Å². The second-order valence-corrected chi connectivity index (χ2v) is 11.1. The van der Waals surface area contributed by atoms with E-state index < -0.39 is 6.04 Å². The van der Waals surface area contributed by atoms with Gasteiger partial charge in [0.15, 0.2) is 0 Å². The molecule has 0 unspecified atom stereocenters. The molecule has 0 aliphatic rings. The summed E-state index contributed by atoms with van der Waals surface area (Å²) in [6, 6.07) is -0.500. The molecule has 13 nitrogen and oxygen atoms in total. The third kappa shape index (κ3) is 17.0. The van der Waals surface area contributed by atoms with Crippen LogP contribution in [0.5, 0.6) is 0 Å². The van der Waals surface area contributed by atoms with Crippen LogP contribution in [-0.4, -0.2) is 96.4 Å². The molecule has 0 bridgehead atoms. The zero-order valence-electron chi connectivity index (χ0n) is 26.0. The molecule has 0 aromatic carbocycles. The standard InChI is InChI=1S/C29H49N5O8/c1-20(2)25(35)7-11-40-14-10-30-28(38)15-23-16-34(33-32-23)17-29(39)31-24(18-41-12-8-26(36)21(3)4)19-42-13-9-27(37)22(5)6/h16,20-22,24H,7-15,17-19H2,1-6H3,(H,30,38)(H,31,39). The van der Waals surface area contributed by atoms with Gasteiger partial charge in [-0.3, -0.25) is 24.0 Å². The van der Waals surface area contributed by atoms with Crippen LogP contribution in [0.4, 0.5) is 0 Å². The van der Waals surface area contributed by atoms with Crippen molar-refractivity contribution in [2.45, 2.75) is 79.8 Å². The fourth-order valence-electron chi connectivity index (χ4n) is 3.48. The van der Waals surface area contributed by atoms with E-state index in [1.165, 1.54) is 10.9 Å². The quantitative estimate of drug-likeness (QED) is 0.166. The molecule has 0 spiro atoms. The number of ketones is 3. The van der Waals surface area contributed by atoms with Gasteiger partial charge in [0, 0.05) is 49.8 Å². The summed E-state index contributed by atoms with van der Waals surface area (Å²) in [5.41, 5.74) is 0.400. The molecule has 42 heavy (non-hydrogen) atoms. The van der Waals surface area contributed by atoms with Crippen molar-refractivity contribution in [2.24, 2.45) is 17.8 Å². The highest BCUT2D eigenvalue weighted by atomic mass is 16.5. The minimum Gasteiger partial charge on any atom is -0.379 e. The van der Waals surface area contributed by atoms with Gasteiger partial charge in [0.05, 0.1) is 57.8 Å². The summed E-state index contributed by atoms with van der Waals surface area (Å²) < 4.78 is 17.9. The van der Waals surface area contributed by atoms with Gasteiger partial charge in [-0.2, -0.15) is 0 Å². The molecule has 0 aliphatic heterocycles. The first-order valence-corrected chi connectivity index (χ1v) is 14.6. The van der Waals surface area contributed by atoms with Gasteiger partial charge in [-0.1, -0.05) is 46.8 Å². The fraction of sp³-hybridized carbons (Fsp3) is 0.759. The van der Waals surface area contributed by atoms with E-state index in [0.29, 0.717) is 31.9 Å². The largest absolute Gasteiger partial charge is 0.379 e. The van der Waals surface area contributed by atoms with Crippen molar-refractivity contribution in [2.75, 3.05) is 46.2 Å². The number of carbonyl (C=O) groups excluding carboxylic acids is 5. The molecule has 0 saturated heterocycles. The van der Waals surface area contributed by atoms with Crippen LogP contribution in [0.15, 0.2) is 6.20 Å². The first kappa shape index (κ1) is 37.0. The molecular weight excluding hydrogens is 546 g/mol. The van der Waals surface area contributed by atoms with Crippen LogP contribution < -0.4 is 10.6 Å². The predicted octanol–water partition coefficient (Wildman–Crippen LogP) is 1.32. The number of Topliss-reactive ketones (excluding diaryl/α,β-unsaturated/α-hetero) is 3. The number of ether oxygens (including phenoxy) is 3. The Hall–Kier alpha value is -3.03. The second-order valence-electron chi connectivity index (χ2n) is 11.1. The number of aromatic nitrogens is 3. The van der Waals surface area contributed by atoms with E-state index >= 15 is 0 Å². The maximum Gasteiger partial charge on any atom is 0.242 e. The summed E-state index contributed by atoms with van der Waals surface area (Å²) in [5.74, 6) is -0.472. The highest BCUT2D eigenvalue weighted by molar-refractivity contribution is 5.81. The topological polar surface area (TPSA) is 168 Å². The van der Waals surface area contributed by atoms with E-state index in [9.17, 15) is 24.0 Å². The zero-order chi connectivity index (χ0) is 31.5. The maximum atomic E-state index is 12.7. The minimum atomic E-state index is -0.500. The van der Waals surface area contributed by atoms with Crippen LogP contribution in [-0.2, 0) is 51.1 Å². The van der Waals surface area contributed by atoms with E-state index in [4.69, 9.17) is 14.2 Å². The summed E-state index contributed by atoms with van der Waals surface area (Å²) in [6.07, 6.45) is 2.42. The molecule has 1 heterocycles. The third-order valence-electron chi connectivity index (χ3n) is 6.22. The van der Waals surface area contributed by atoms with Gasteiger partial charge in [-0.15, -0.1) is 5.10 Å². The number of hydrogen-bond acceptors (Lipinski definition) is 10. The Morgan fingerprint density at radius 1 is 0.738 bits per heavy atom. The Morgan fingerprint density at radius 2 is 1.24 bits per heavy atom. The Kier molecular flexibility index (Phi) is 18.3. The van der Waals surface area contributed by atoms with Crippen molar-refractivity contribution in [3.8, 4) is 0 Å². The van der Waals surface area contributed by atoms with Crippen molar-refractivity contribution in [1.82, 2.24) is 25.6 Å². The lowest BCUT2D eigenvalue weighted by Gasteiger charge is -2.19. The van der Waals surface area contributed by atoms with Crippen molar-refractivity contribution in [3.05, 3.63) is 11.9 Å². The Labute approximate surface area is 248 Å². The Balaban J connectivity index is 2.47. The number of nitrogens with one attached hydrogen (secondary N) is 2. The first-order valence-electron chi connectivity index (χ1n) is 14.6. The van der Waals surface area contributed by atoms with Crippen molar-refractivity contribution >= 4 is 29.2 Å². The number of nitrogens with zero attached hydrogens (tertiary/aromatic N) is 3. The van der Waals surface area contributed by atoms with E-state index in [1.54, 1.807) is 0 Å². The molecular formula is C29H49N5O8. The molecule has 1 aromatic heterocycles. The molecule has 0 fully saturated rings. The lowest BCUT2D eigenvalue weighted by atomic mass is 10.1. The summed E-state index contributed by atoms with van der Waals surface area (Å²) in [4.78, 5) is 60.1. The molecule has 0 aliphatic carbocycles. The highest BCUT2D eigenvalue weighted by Crippen LogP contribution is 2.02. The Morgan fingerprint density at radius 3 is 1.74 bits per heavy atom. The maximum absolute atomic E-state index is 12.7. The first-order chi connectivity index (χ1) is 19.9. The van der Waals surface area contributed by atoms with Crippen LogP contribution in [0.25, 0.3) is 0 Å². The second kappa shape index (κ2) is 20.8. The fourth-order valence-corrected chi connectivity index (χ4v) is 3.48. The zero-order valence-corrected chi connectivity index (χ0v) is 26.0. The smallest absolute Gasteiger partial charge is 0.242 e. The molecule has 1 aromatic rings. The van der Waals surface area contributed by atoms with Crippen molar-refractivity contribution in [3.63, 3.8) is 0 Å². The lowest BCUT2D eigenvalue weighted by Crippen LogP contribution is -2.43. The highest BCUT2D eigenvalue weighted by Gasteiger charge is 2.17. The summed E-state index contributed by atoms with van der Waals surface area (Å²) in [5, 5.41) is 13.4. The average Bonchev–Trinajstić information content (AvgIpc) is 3.35. The third-order valence-corrected chi connectivity index (χ3v) is 6.22. The van der Waals surface area contributed by atoms with Crippen LogP contribution in [0, 0.1) is 17.8 Å². The summed E-state index contributed by atoms with van der Waals surface area (Å²) in [7, 11) is 0. The normalized spacial score (nSPS) is 11.5. The summed E-state index contributed by atoms with van der Waals surface area (Å²) in [6.45, 7) is 12.5. The van der Waals surface area contributed by atoms with E-state index in [-0.39, 0.29) is 99.2 Å². The molecule has 238 valence electrons. The molecule has 2 N–H and O–H groups in total. The number of carbonyl (C=O) groups is 5. The monoisotopic (exact) mass is 595 g/mol. The van der Waals surface area contributed by atoms with E-state index in [2.05, 4.69) is 20.9 Å². The minimum absolute atomic E-state index is 0.0120. The molecule has 0 saturated carbocycles. The predicted molar refractivity (Wildman–Crippen MR) is 155 cm³/mol. The molecule has 2 amide bonds. The van der Waals surface area contributed by atoms with Gasteiger partial charge in [0.2, 0.25) is 11.8 Å². The number of hydrogen-bond donors (Lipinski definition) is 2.